The number of hydrogen-bond acceptors (Lipinski definition) is 2. The van der Waals surface area contributed by atoms with E-state index in [2.05, 4.69) is 91.9 Å². The van der Waals surface area contributed by atoms with Crippen LogP contribution < -0.4 is 0 Å². The zero-order chi connectivity index (χ0) is 22.2. The Labute approximate surface area is 189 Å². The molecule has 3 aromatic heterocycles. The highest BCUT2D eigenvalue weighted by Gasteiger charge is 2.18. The van der Waals surface area contributed by atoms with Crippen molar-refractivity contribution in [3.63, 3.8) is 0 Å². The zero-order valence-electron chi connectivity index (χ0n) is 19.4. The molecule has 0 saturated carbocycles. The molecule has 3 aromatic rings. The minimum absolute atomic E-state index is 0.917. The Balaban J connectivity index is 2.01. The lowest BCUT2D eigenvalue weighted by Crippen LogP contribution is -1.99. The average Bonchev–Trinajstić information content (AvgIpc) is 3.57. The van der Waals surface area contributed by atoms with Gasteiger partial charge in [0, 0.05) is 28.7 Å². The van der Waals surface area contributed by atoms with Gasteiger partial charge in [0.1, 0.15) is 0 Å². The number of nitrogens with one attached hydrogen (secondary N) is 1. The predicted octanol–water partition coefficient (Wildman–Crippen LogP) is 6.84. The maximum atomic E-state index is 5.02. The van der Waals surface area contributed by atoms with Crippen LogP contribution in [0.15, 0.2) is 30.3 Å². The topological polar surface area (TPSA) is 46.5 Å². The Morgan fingerprint density at radius 2 is 1.28 bits per heavy atom. The monoisotopic (exact) mass is 422 g/mol. The predicted molar refractivity (Wildman–Crippen MR) is 136 cm³/mol. The van der Waals surface area contributed by atoms with Crippen molar-refractivity contribution in [3.05, 3.63) is 69.8 Å². The molecule has 1 N–H and O–H groups in total. The van der Waals surface area contributed by atoms with Crippen LogP contribution in [0, 0.1) is 0 Å². The first kappa shape index (κ1) is 20.5. The highest BCUT2D eigenvalue weighted by molar-refractivity contribution is 5.83. The van der Waals surface area contributed by atoms with E-state index in [4.69, 9.17) is 9.97 Å². The van der Waals surface area contributed by atoms with Crippen LogP contribution in [-0.4, -0.2) is 19.5 Å². The van der Waals surface area contributed by atoms with Crippen LogP contribution in [0.5, 0.6) is 0 Å². The number of H-pyrrole nitrogens is 1. The van der Waals surface area contributed by atoms with Crippen molar-refractivity contribution in [1.29, 1.82) is 0 Å². The smallest absolute Gasteiger partial charge is 0.0690 e. The van der Waals surface area contributed by atoms with Crippen LogP contribution >= 0.6 is 0 Å². The summed E-state index contributed by atoms with van der Waals surface area (Å²) in [7, 11) is 0. The molecule has 0 unspecified atom stereocenters. The number of fused-ring (bicyclic) bond motifs is 8. The SMILES string of the molecule is CCc1c(CC)c2c(CC)c3nc(cc4ccc(cc5nc(cc1n2CC)C=C5)[nH]4)C=C3. The van der Waals surface area contributed by atoms with Gasteiger partial charge in [-0.1, -0.05) is 20.8 Å². The van der Waals surface area contributed by atoms with Crippen molar-refractivity contribution in [3.8, 4) is 0 Å². The molecule has 0 amide bonds. The Hall–Kier alpha value is -3.40. The molecule has 4 nitrogen and oxygen atoms in total. The first-order chi connectivity index (χ1) is 15.6. The van der Waals surface area contributed by atoms with E-state index in [1.165, 1.54) is 27.7 Å². The van der Waals surface area contributed by atoms with Crippen molar-refractivity contribution < 1.29 is 0 Å². The number of rotatable bonds is 4. The maximum Gasteiger partial charge on any atom is 0.0690 e. The molecule has 5 heterocycles. The summed E-state index contributed by atoms with van der Waals surface area (Å²) >= 11 is 0. The van der Waals surface area contributed by atoms with Crippen LogP contribution in [0.2, 0.25) is 0 Å². The molecule has 0 spiro atoms. The molecule has 8 bridgehead atoms. The minimum atomic E-state index is 0.917. The molecule has 32 heavy (non-hydrogen) atoms. The second kappa shape index (κ2) is 8.27. The van der Waals surface area contributed by atoms with Crippen molar-refractivity contribution >= 4 is 46.4 Å². The Morgan fingerprint density at radius 1 is 0.688 bits per heavy atom. The summed E-state index contributed by atoms with van der Waals surface area (Å²) < 4.78 is 2.48. The van der Waals surface area contributed by atoms with E-state index in [1.54, 1.807) is 0 Å². The number of nitrogens with zero attached hydrogens (tertiary/aromatic N) is 3. The third kappa shape index (κ3) is 3.40. The first-order valence-corrected chi connectivity index (χ1v) is 11.8. The van der Waals surface area contributed by atoms with Crippen molar-refractivity contribution in [2.45, 2.75) is 53.5 Å². The lowest BCUT2D eigenvalue weighted by Gasteiger charge is -2.08. The maximum absolute atomic E-state index is 5.02. The Kier molecular flexibility index (Phi) is 5.30. The fourth-order valence-corrected chi connectivity index (χ4v) is 5.07. The number of aromatic amines is 1. The van der Waals surface area contributed by atoms with Crippen molar-refractivity contribution in [2.24, 2.45) is 0 Å². The van der Waals surface area contributed by atoms with E-state index in [1.807, 2.05) is 0 Å². The fourth-order valence-electron chi connectivity index (χ4n) is 5.07. The Morgan fingerprint density at radius 3 is 1.91 bits per heavy atom. The molecule has 0 saturated heterocycles. The summed E-state index contributed by atoms with van der Waals surface area (Å²) in [6.45, 7) is 9.93. The molecule has 0 aromatic carbocycles. The normalized spacial score (nSPS) is 12.6. The van der Waals surface area contributed by atoms with Gasteiger partial charge in [0.25, 0.3) is 0 Å². The quantitative estimate of drug-likeness (QED) is 0.345. The molecule has 162 valence electrons. The van der Waals surface area contributed by atoms with Gasteiger partial charge in [-0.05, 0) is 91.9 Å². The molecule has 2 aliphatic rings. The molecular weight excluding hydrogens is 392 g/mol. The molecule has 0 atom stereocenters. The fraction of sp³-hybridized carbons (Fsp3) is 0.286. The first-order valence-electron chi connectivity index (χ1n) is 11.8. The van der Waals surface area contributed by atoms with Gasteiger partial charge in [0.2, 0.25) is 0 Å². The van der Waals surface area contributed by atoms with Crippen LogP contribution in [0.3, 0.4) is 0 Å². The van der Waals surface area contributed by atoms with Gasteiger partial charge < -0.3 is 9.55 Å². The highest BCUT2D eigenvalue weighted by Crippen LogP contribution is 2.32. The number of aromatic nitrogens is 4. The second-order valence-electron chi connectivity index (χ2n) is 8.33. The summed E-state index contributed by atoms with van der Waals surface area (Å²) in [5.74, 6) is 0. The van der Waals surface area contributed by atoms with Gasteiger partial charge in [-0.3, -0.25) is 0 Å². The average molecular weight is 423 g/mol. The van der Waals surface area contributed by atoms with E-state index in [-0.39, 0.29) is 0 Å². The summed E-state index contributed by atoms with van der Waals surface area (Å²) in [5, 5.41) is 0. The van der Waals surface area contributed by atoms with Gasteiger partial charge in [0.15, 0.2) is 0 Å². The Bertz CT molecular complexity index is 1410. The van der Waals surface area contributed by atoms with Crippen LogP contribution in [0.25, 0.3) is 46.4 Å². The molecule has 0 radical (unpaired) electrons. The summed E-state index contributed by atoms with van der Waals surface area (Å²) in [6.07, 6.45) is 11.5. The minimum Gasteiger partial charge on any atom is -0.355 e. The molecule has 5 rings (SSSR count). The lowest BCUT2D eigenvalue weighted by molar-refractivity contribution is 0.815. The molecule has 2 aliphatic heterocycles. The summed E-state index contributed by atoms with van der Waals surface area (Å²) in [4.78, 5) is 13.4. The number of aryl methyl sites for hydroxylation is 4. The van der Waals surface area contributed by atoms with E-state index < -0.39 is 0 Å². The third-order valence-electron chi connectivity index (χ3n) is 6.46. The van der Waals surface area contributed by atoms with E-state index >= 15 is 0 Å². The van der Waals surface area contributed by atoms with Crippen molar-refractivity contribution in [2.75, 3.05) is 0 Å². The zero-order valence-corrected chi connectivity index (χ0v) is 19.4. The van der Waals surface area contributed by atoms with Crippen LogP contribution in [0.1, 0.15) is 67.2 Å². The lowest BCUT2D eigenvalue weighted by atomic mass is 10.0. The van der Waals surface area contributed by atoms with Crippen molar-refractivity contribution in [1.82, 2.24) is 19.5 Å². The van der Waals surface area contributed by atoms with E-state index in [9.17, 15) is 0 Å². The molecule has 0 fully saturated rings. The third-order valence-corrected chi connectivity index (χ3v) is 6.46. The summed E-state index contributed by atoms with van der Waals surface area (Å²) in [6, 6.07) is 10.6. The van der Waals surface area contributed by atoms with Gasteiger partial charge in [-0.15, -0.1) is 0 Å². The van der Waals surface area contributed by atoms with E-state index in [0.29, 0.717) is 0 Å². The van der Waals surface area contributed by atoms with Gasteiger partial charge in [0.05, 0.1) is 28.3 Å². The van der Waals surface area contributed by atoms with E-state index in [0.717, 1.165) is 59.6 Å². The second-order valence-corrected chi connectivity index (χ2v) is 8.33. The molecule has 4 heteroatoms. The largest absolute Gasteiger partial charge is 0.355 e. The van der Waals surface area contributed by atoms with Crippen LogP contribution in [0.4, 0.5) is 0 Å². The highest BCUT2D eigenvalue weighted by atomic mass is 15.0. The number of hydrogen-bond donors (Lipinski definition) is 1. The van der Waals surface area contributed by atoms with Gasteiger partial charge in [-0.2, -0.15) is 0 Å². The molecule has 0 aliphatic carbocycles. The summed E-state index contributed by atoms with van der Waals surface area (Å²) in [5.41, 5.74) is 12.9. The van der Waals surface area contributed by atoms with Gasteiger partial charge in [-0.25, -0.2) is 9.97 Å². The molecular formula is C28H30N4. The van der Waals surface area contributed by atoms with Gasteiger partial charge >= 0.3 is 0 Å². The standard InChI is InChI=1S/C28H30N4/c1-5-23-24(6-2)28-25(7-3)26-14-13-21(31-26)16-20-10-9-18(29-20)15-19-11-12-22(30-19)17-27(23)32(28)8-4/h9-17,29H,5-8H2,1-4H3. The van der Waals surface area contributed by atoms with Crippen LogP contribution in [-0.2, 0) is 25.8 Å².